The molecule has 1 heterocycles. The van der Waals surface area contributed by atoms with Gasteiger partial charge in [-0.1, -0.05) is 18.2 Å². The standard InChI is InChI=1S/C17H13F3N4/c1-10-9-15(23-16-12(19)6-4-7-13(16)20)24-17(21-10)22-14-8-3-2-5-11(14)18/h2-9H,1H3,(H2,21,22,23,24). The Bertz CT molecular complexity index is 863. The summed E-state index contributed by atoms with van der Waals surface area (Å²) in [6.45, 7) is 1.69. The maximum atomic E-state index is 13.7. The van der Waals surface area contributed by atoms with E-state index in [1.54, 1.807) is 19.1 Å². The van der Waals surface area contributed by atoms with Gasteiger partial charge in [-0.25, -0.2) is 18.2 Å². The fourth-order valence-corrected chi connectivity index (χ4v) is 2.12. The van der Waals surface area contributed by atoms with E-state index in [-0.39, 0.29) is 23.1 Å². The predicted molar refractivity (Wildman–Crippen MR) is 86.1 cm³/mol. The SMILES string of the molecule is Cc1cc(Nc2c(F)cccc2F)nc(Nc2ccccc2F)n1. The molecule has 0 unspecified atom stereocenters. The van der Waals surface area contributed by atoms with Gasteiger partial charge in [0.1, 0.15) is 29.0 Å². The zero-order chi connectivity index (χ0) is 17.1. The lowest BCUT2D eigenvalue weighted by atomic mass is 10.3. The highest BCUT2D eigenvalue weighted by molar-refractivity contribution is 5.61. The van der Waals surface area contributed by atoms with Crippen LogP contribution in [0.1, 0.15) is 5.69 Å². The quantitative estimate of drug-likeness (QED) is 0.729. The van der Waals surface area contributed by atoms with Crippen molar-refractivity contribution in [2.75, 3.05) is 10.6 Å². The molecule has 0 saturated carbocycles. The Morgan fingerprint density at radius 1 is 0.792 bits per heavy atom. The number of hydrogen-bond acceptors (Lipinski definition) is 4. The smallest absolute Gasteiger partial charge is 0.229 e. The summed E-state index contributed by atoms with van der Waals surface area (Å²) in [5, 5.41) is 5.33. The monoisotopic (exact) mass is 330 g/mol. The Morgan fingerprint density at radius 3 is 2.17 bits per heavy atom. The molecule has 3 aromatic rings. The van der Waals surface area contributed by atoms with Crippen molar-refractivity contribution in [2.45, 2.75) is 6.92 Å². The Morgan fingerprint density at radius 2 is 1.46 bits per heavy atom. The third kappa shape index (κ3) is 3.45. The molecule has 3 rings (SSSR count). The highest BCUT2D eigenvalue weighted by Crippen LogP contribution is 2.24. The van der Waals surface area contributed by atoms with E-state index in [1.165, 1.54) is 24.3 Å². The number of rotatable bonds is 4. The Labute approximate surface area is 136 Å². The first-order valence-corrected chi connectivity index (χ1v) is 7.11. The van der Waals surface area contributed by atoms with Gasteiger partial charge in [0.25, 0.3) is 0 Å². The van der Waals surface area contributed by atoms with Crippen molar-refractivity contribution in [2.24, 2.45) is 0 Å². The van der Waals surface area contributed by atoms with Gasteiger partial charge in [-0.3, -0.25) is 0 Å². The number of halogens is 3. The van der Waals surface area contributed by atoms with Crippen LogP contribution in [-0.4, -0.2) is 9.97 Å². The maximum absolute atomic E-state index is 13.7. The van der Waals surface area contributed by atoms with Crippen LogP contribution in [0.3, 0.4) is 0 Å². The molecule has 2 aromatic carbocycles. The van der Waals surface area contributed by atoms with Crippen molar-refractivity contribution in [3.63, 3.8) is 0 Å². The fourth-order valence-electron chi connectivity index (χ4n) is 2.12. The molecular weight excluding hydrogens is 317 g/mol. The minimum Gasteiger partial charge on any atom is -0.335 e. The molecule has 0 bridgehead atoms. The van der Waals surface area contributed by atoms with E-state index in [0.29, 0.717) is 5.69 Å². The molecule has 0 amide bonds. The van der Waals surface area contributed by atoms with Crippen molar-refractivity contribution >= 4 is 23.1 Å². The first kappa shape index (κ1) is 15.8. The van der Waals surface area contributed by atoms with Crippen LogP contribution in [0.5, 0.6) is 0 Å². The van der Waals surface area contributed by atoms with Crippen molar-refractivity contribution in [1.82, 2.24) is 9.97 Å². The molecule has 0 fully saturated rings. The Kier molecular flexibility index (Phi) is 4.33. The number of nitrogens with zero attached hydrogens (tertiary/aromatic N) is 2. The number of anilines is 4. The van der Waals surface area contributed by atoms with E-state index in [2.05, 4.69) is 20.6 Å². The van der Waals surface area contributed by atoms with Crippen molar-refractivity contribution in [3.8, 4) is 0 Å². The van der Waals surface area contributed by atoms with Gasteiger partial charge in [-0.15, -0.1) is 0 Å². The largest absolute Gasteiger partial charge is 0.335 e. The normalized spacial score (nSPS) is 10.5. The molecule has 0 atom stereocenters. The fraction of sp³-hybridized carbons (Fsp3) is 0.0588. The second-order valence-electron chi connectivity index (χ2n) is 5.04. The van der Waals surface area contributed by atoms with E-state index < -0.39 is 17.5 Å². The number of aromatic nitrogens is 2. The molecular formula is C17H13F3N4. The lowest BCUT2D eigenvalue weighted by Gasteiger charge is -2.11. The zero-order valence-corrected chi connectivity index (χ0v) is 12.6. The summed E-state index contributed by atoms with van der Waals surface area (Å²) in [6, 6.07) is 11.1. The number of benzene rings is 2. The van der Waals surface area contributed by atoms with Gasteiger partial charge in [-0.05, 0) is 31.2 Å². The predicted octanol–water partition coefficient (Wildman–Crippen LogP) is 4.69. The van der Waals surface area contributed by atoms with Crippen LogP contribution in [0.25, 0.3) is 0 Å². The van der Waals surface area contributed by atoms with Gasteiger partial charge in [0.15, 0.2) is 0 Å². The number of aryl methyl sites for hydroxylation is 1. The third-order valence-corrected chi connectivity index (χ3v) is 3.19. The molecule has 0 spiro atoms. The second kappa shape index (κ2) is 6.57. The molecule has 0 radical (unpaired) electrons. The maximum Gasteiger partial charge on any atom is 0.229 e. The van der Waals surface area contributed by atoms with Gasteiger partial charge in [0.2, 0.25) is 5.95 Å². The van der Waals surface area contributed by atoms with Crippen LogP contribution >= 0.6 is 0 Å². The number of para-hydroxylation sites is 2. The third-order valence-electron chi connectivity index (χ3n) is 3.19. The summed E-state index contributed by atoms with van der Waals surface area (Å²) >= 11 is 0. The molecule has 0 saturated heterocycles. The first-order valence-electron chi connectivity index (χ1n) is 7.11. The van der Waals surface area contributed by atoms with Crippen LogP contribution in [-0.2, 0) is 0 Å². The minimum atomic E-state index is -0.741. The van der Waals surface area contributed by atoms with E-state index in [4.69, 9.17) is 0 Å². The lowest BCUT2D eigenvalue weighted by molar-refractivity contribution is 0.590. The summed E-state index contributed by atoms with van der Waals surface area (Å²) in [5.41, 5.74) is 0.432. The average molecular weight is 330 g/mol. The molecule has 122 valence electrons. The molecule has 1 aromatic heterocycles. The molecule has 0 aliphatic heterocycles. The van der Waals surface area contributed by atoms with Crippen LogP contribution in [0, 0.1) is 24.4 Å². The van der Waals surface area contributed by atoms with Gasteiger partial charge < -0.3 is 10.6 Å². The first-order chi connectivity index (χ1) is 11.5. The van der Waals surface area contributed by atoms with Crippen LogP contribution in [0.2, 0.25) is 0 Å². The number of nitrogens with one attached hydrogen (secondary N) is 2. The van der Waals surface area contributed by atoms with Crippen LogP contribution < -0.4 is 10.6 Å². The highest BCUT2D eigenvalue weighted by Gasteiger charge is 2.11. The van der Waals surface area contributed by atoms with Crippen LogP contribution in [0.4, 0.5) is 36.3 Å². The van der Waals surface area contributed by atoms with Gasteiger partial charge in [0, 0.05) is 11.8 Å². The summed E-state index contributed by atoms with van der Waals surface area (Å²) < 4.78 is 41.1. The van der Waals surface area contributed by atoms with E-state index >= 15 is 0 Å². The highest BCUT2D eigenvalue weighted by atomic mass is 19.1. The molecule has 24 heavy (non-hydrogen) atoms. The topological polar surface area (TPSA) is 49.8 Å². The average Bonchev–Trinajstić information content (AvgIpc) is 2.53. The summed E-state index contributed by atoms with van der Waals surface area (Å²) in [6.07, 6.45) is 0. The van der Waals surface area contributed by atoms with Crippen molar-refractivity contribution < 1.29 is 13.2 Å². The molecule has 0 aliphatic carbocycles. The number of hydrogen-bond donors (Lipinski definition) is 2. The lowest BCUT2D eigenvalue weighted by Crippen LogP contribution is -2.05. The van der Waals surface area contributed by atoms with Crippen molar-refractivity contribution in [1.29, 1.82) is 0 Å². The van der Waals surface area contributed by atoms with E-state index in [9.17, 15) is 13.2 Å². The Balaban J connectivity index is 1.91. The van der Waals surface area contributed by atoms with E-state index in [0.717, 1.165) is 12.1 Å². The molecule has 4 nitrogen and oxygen atoms in total. The van der Waals surface area contributed by atoms with Crippen LogP contribution in [0.15, 0.2) is 48.5 Å². The summed E-state index contributed by atoms with van der Waals surface area (Å²) in [7, 11) is 0. The zero-order valence-electron chi connectivity index (χ0n) is 12.6. The molecule has 0 aliphatic rings. The van der Waals surface area contributed by atoms with Gasteiger partial charge in [-0.2, -0.15) is 4.98 Å². The second-order valence-corrected chi connectivity index (χ2v) is 5.04. The molecule has 7 heteroatoms. The van der Waals surface area contributed by atoms with E-state index in [1.807, 2.05) is 0 Å². The Hall–Kier alpha value is -3.09. The minimum absolute atomic E-state index is 0.111. The summed E-state index contributed by atoms with van der Waals surface area (Å²) in [4.78, 5) is 8.25. The summed E-state index contributed by atoms with van der Waals surface area (Å²) in [5.74, 6) is -1.65. The van der Waals surface area contributed by atoms with Gasteiger partial charge >= 0.3 is 0 Å². The van der Waals surface area contributed by atoms with Gasteiger partial charge in [0.05, 0.1) is 5.69 Å². The molecule has 2 N–H and O–H groups in total. The van der Waals surface area contributed by atoms with Crippen molar-refractivity contribution in [3.05, 3.63) is 71.7 Å².